The SMILES string of the molecule is COc1cc(/C=C/c2cnc(Cl)nc2-c2ccc3nc(C)sc3c2)ccc1F. The first-order chi connectivity index (χ1) is 13.5. The van der Waals surface area contributed by atoms with Crippen LogP contribution in [0.2, 0.25) is 5.28 Å². The zero-order valence-corrected chi connectivity index (χ0v) is 16.7. The molecule has 28 heavy (non-hydrogen) atoms. The van der Waals surface area contributed by atoms with Gasteiger partial charge in [-0.3, -0.25) is 0 Å². The van der Waals surface area contributed by atoms with Crippen LogP contribution in [0.4, 0.5) is 4.39 Å². The van der Waals surface area contributed by atoms with Crippen molar-refractivity contribution in [2.24, 2.45) is 0 Å². The van der Waals surface area contributed by atoms with E-state index in [0.29, 0.717) is 0 Å². The van der Waals surface area contributed by atoms with Gasteiger partial charge in [-0.15, -0.1) is 11.3 Å². The van der Waals surface area contributed by atoms with Crippen LogP contribution in [0.25, 0.3) is 33.6 Å². The molecule has 0 fully saturated rings. The van der Waals surface area contributed by atoms with Crippen LogP contribution in [0.3, 0.4) is 0 Å². The number of benzene rings is 2. The van der Waals surface area contributed by atoms with Crippen LogP contribution in [-0.2, 0) is 0 Å². The minimum absolute atomic E-state index is 0.177. The Labute approximate surface area is 170 Å². The van der Waals surface area contributed by atoms with Crippen LogP contribution in [0.15, 0.2) is 42.6 Å². The summed E-state index contributed by atoms with van der Waals surface area (Å²) < 4.78 is 19.7. The lowest BCUT2D eigenvalue weighted by atomic mass is 10.1. The van der Waals surface area contributed by atoms with E-state index in [-0.39, 0.29) is 11.0 Å². The second-order valence-corrected chi connectivity index (χ2v) is 7.66. The van der Waals surface area contributed by atoms with Gasteiger partial charge in [-0.05, 0) is 48.4 Å². The molecule has 7 heteroatoms. The van der Waals surface area contributed by atoms with E-state index in [2.05, 4.69) is 21.0 Å². The number of thiazole rings is 1. The highest BCUT2D eigenvalue weighted by molar-refractivity contribution is 7.18. The maximum absolute atomic E-state index is 13.6. The molecule has 4 rings (SSSR count). The lowest BCUT2D eigenvalue weighted by Crippen LogP contribution is -1.92. The molecule has 0 aliphatic carbocycles. The fraction of sp³-hybridized carbons (Fsp3) is 0.0952. The van der Waals surface area contributed by atoms with Gasteiger partial charge in [0.05, 0.1) is 28.0 Å². The molecule has 0 saturated carbocycles. The van der Waals surface area contributed by atoms with E-state index >= 15 is 0 Å². The van der Waals surface area contributed by atoms with Crippen molar-refractivity contribution >= 4 is 45.3 Å². The van der Waals surface area contributed by atoms with Crippen molar-refractivity contribution in [3.63, 3.8) is 0 Å². The number of ether oxygens (including phenoxy) is 1. The van der Waals surface area contributed by atoms with E-state index in [9.17, 15) is 4.39 Å². The Morgan fingerprint density at radius 2 is 1.96 bits per heavy atom. The molecule has 0 radical (unpaired) electrons. The predicted molar refractivity (Wildman–Crippen MR) is 112 cm³/mol. The topological polar surface area (TPSA) is 47.9 Å². The maximum Gasteiger partial charge on any atom is 0.222 e. The summed E-state index contributed by atoms with van der Waals surface area (Å²) in [5.41, 5.74) is 4.21. The van der Waals surface area contributed by atoms with Crippen LogP contribution in [0, 0.1) is 12.7 Å². The highest BCUT2D eigenvalue weighted by Crippen LogP contribution is 2.30. The van der Waals surface area contributed by atoms with Gasteiger partial charge in [-0.2, -0.15) is 0 Å². The van der Waals surface area contributed by atoms with Crippen molar-refractivity contribution in [3.8, 4) is 17.0 Å². The first kappa shape index (κ1) is 18.5. The third kappa shape index (κ3) is 3.74. The van der Waals surface area contributed by atoms with Gasteiger partial charge in [-0.1, -0.05) is 24.3 Å². The van der Waals surface area contributed by atoms with Gasteiger partial charge in [0, 0.05) is 17.3 Å². The van der Waals surface area contributed by atoms with Crippen molar-refractivity contribution in [2.45, 2.75) is 6.92 Å². The lowest BCUT2D eigenvalue weighted by Gasteiger charge is -2.06. The Morgan fingerprint density at radius 3 is 2.79 bits per heavy atom. The second kappa shape index (κ2) is 7.66. The first-order valence-corrected chi connectivity index (χ1v) is 9.64. The van der Waals surface area contributed by atoms with Gasteiger partial charge < -0.3 is 4.74 Å². The van der Waals surface area contributed by atoms with Crippen molar-refractivity contribution in [2.75, 3.05) is 7.11 Å². The summed E-state index contributed by atoms with van der Waals surface area (Å²) in [5.74, 6) is -0.205. The minimum Gasteiger partial charge on any atom is -0.494 e. The van der Waals surface area contributed by atoms with E-state index in [1.807, 2.05) is 31.2 Å². The third-order valence-electron chi connectivity index (χ3n) is 4.19. The van der Waals surface area contributed by atoms with Gasteiger partial charge in [0.15, 0.2) is 11.6 Å². The van der Waals surface area contributed by atoms with Crippen LogP contribution in [-0.4, -0.2) is 22.1 Å². The quantitative estimate of drug-likeness (QED) is 0.384. The predicted octanol–water partition coefficient (Wildman–Crippen LogP) is 6.03. The molecule has 2 aromatic heterocycles. The van der Waals surface area contributed by atoms with Crippen LogP contribution < -0.4 is 4.74 Å². The summed E-state index contributed by atoms with van der Waals surface area (Å²) in [4.78, 5) is 13.0. The molecule has 4 nitrogen and oxygen atoms in total. The zero-order chi connectivity index (χ0) is 19.7. The van der Waals surface area contributed by atoms with Gasteiger partial charge in [0.25, 0.3) is 0 Å². The molecule has 0 bridgehead atoms. The molecule has 140 valence electrons. The Kier molecular flexibility index (Phi) is 5.07. The molecule has 0 aliphatic rings. The smallest absolute Gasteiger partial charge is 0.222 e. The van der Waals surface area contributed by atoms with Crippen molar-refractivity contribution < 1.29 is 9.13 Å². The molecule has 0 atom stereocenters. The molecule has 0 amide bonds. The van der Waals surface area contributed by atoms with Gasteiger partial charge in [0.1, 0.15) is 0 Å². The van der Waals surface area contributed by atoms with Gasteiger partial charge in [-0.25, -0.2) is 19.3 Å². The Morgan fingerprint density at radius 1 is 1.11 bits per heavy atom. The molecule has 2 aromatic carbocycles. The van der Waals surface area contributed by atoms with E-state index in [1.165, 1.54) is 13.2 Å². The number of methoxy groups -OCH3 is 1. The Hall–Kier alpha value is -2.83. The summed E-state index contributed by atoms with van der Waals surface area (Å²) in [6.07, 6.45) is 5.40. The Balaban J connectivity index is 1.75. The summed E-state index contributed by atoms with van der Waals surface area (Å²) in [6.45, 7) is 1.98. The standard InChI is InChI=1S/C21H15ClFN3OS/c1-12-25-17-8-6-14(10-19(17)28-12)20-15(11-24-21(22)26-20)5-3-13-4-7-16(23)18(9-13)27-2/h3-11H,1-2H3/b5-3+. The number of aryl methyl sites for hydroxylation is 1. The number of rotatable bonds is 4. The van der Waals surface area contributed by atoms with Crippen molar-refractivity contribution in [3.05, 3.63) is 69.8 Å². The molecule has 0 saturated heterocycles. The average Bonchev–Trinajstić information content (AvgIpc) is 3.07. The fourth-order valence-electron chi connectivity index (χ4n) is 2.88. The molecule has 0 unspecified atom stereocenters. The van der Waals surface area contributed by atoms with Crippen molar-refractivity contribution in [1.29, 1.82) is 0 Å². The van der Waals surface area contributed by atoms with E-state index < -0.39 is 5.82 Å². The lowest BCUT2D eigenvalue weighted by molar-refractivity contribution is 0.386. The van der Waals surface area contributed by atoms with Gasteiger partial charge in [0.2, 0.25) is 5.28 Å². The number of nitrogens with zero attached hydrogens (tertiary/aromatic N) is 3. The first-order valence-electron chi connectivity index (χ1n) is 8.45. The van der Waals surface area contributed by atoms with Crippen LogP contribution in [0.1, 0.15) is 16.1 Å². The number of hydrogen-bond donors (Lipinski definition) is 0. The second-order valence-electron chi connectivity index (χ2n) is 6.09. The summed E-state index contributed by atoms with van der Waals surface area (Å²) in [7, 11) is 1.44. The molecule has 2 heterocycles. The molecule has 0 spiro atoms. The van der Waals surface area contributed by atoms with Gasteiger partial charge >= 0.3 is 0 Å². The summed E-state index contributed by atoms with van der Waals surface area (Å²) in [5, 5.41) is 1.19. The number of aromatic nitrogens is 3. The number of fused-ring (bicyclic) bond motifs is 1. The van der Waals surface area contributed by atoms with Crippen LogP contribution >= 0.6 is 22.9 Å². The van der Waals surface area contributed by atoms with E-state index in [1.54, 1.807) is 29.7 Å². The van der Waals surface area contributed by atoms with E-state index in [4.69, 9.17) is 16.3 Å². The van der Waals surface area contributed by atoms with E-state index in [0.717, 1.165) is 37.6 Å². The average molecular weight is 412 g/mol. The largest absolute Gasteiger partial charge is 0.494 e. The third-order valence-corrected chi connectivity index (χ3v) is 5.30. The number of hydrogen-bond acceptors (Lipinski definition) is 5. The summed E-state index contributed by atoms with van der Waals surface area (Å²) in [6, 6.07) is 10.7. The summed E-state index contributed by atoms with van der Waals surface area (Å²) >= 11 is 7.68. The zero-order valence-electron chi connectivity index (χ0n) is 15.1. The molecular weight excluding hydrogens is 397 g/mol. The maximum atomic E-state index is 13.6. The highest BCUT2D eigenvalue weighted by atomic mass is 35.5. The Bertz CT molecular complexity index is 1210. The minimum atomic E-state index is -0.400. The normalized spacial score (nSPS) is 11.4. The van der Waals surface area contributed by atoms with Crippen molar-refractivity contribution in [1.82, 2.24) is 15.0 Å². The number of halogens is 2. The molecular formula is C21H15ClFN3OS. The molecule has 4 aromatic rings. The highest BCUT2D eigenvalue weighted by Gasteiger charge is 2.10. The monoisotopic (exact) mass is 411 g/mol. The molecule has 0 aliphatic heterocycles. The fourth-order valence-corrected chi connectivity index (χ4v) is 3.88. The van der Waals surface area contributed by atoms with Crippen LogP contribution in [0.5, 0.6) is 5.75 Å². The molecule has 0 N–H and O–H groups in total.